The van der Waals surface area contributed by atoms with E-state index in [2.05, 4.69) is 5.32 Å². The van der Waals surface area contributed by atoms with Gasteiger partial charge in [0, 0.05) is 18.2 Å². The van der Waals surface area contributed by atoms with E-state index in [1.54, 1.807) is 0 Å². The summed E-state index contributed by atoms with van der Waals surface area (Å²) in [5, 5.41) is 13.2. The summed E-state index contributed by atoms with van der Waals surface area (Å²) >= 11 is 6.63. The number of carbonyl (C=O) groups is 4. The molecule has 0 aromatic carbocycles. The van der Waals surface area contributed by atoms with Gasteiger partial charge in [0.15, 0.2) is 0 Å². The third kappa shape index (κ3) is 4.21. The molecule has 1 N–H and O–H groups in total. The van der Waals surface area contributed by atoms with Crippen molar-refractivity contribution in [1.29, 1.82) is 0 Å². The fraction of sp³-hybridized carbons (Fsp3) is 0.500. The minimum atomic E-state index is -1.53. The van der Waals surface area contributed by atoms with E-state index in [1.807, 2.05) is 0 Å². The summed E-state index contributed by atoms with van der Waals surface area (Å²) in [6, 6.07) is -0.819. The number of carboxylic acids is 1. The minimum Gasteiger partial charge on any atom is -0.543 e. The molecular weight excluding hydrogens is 359 g/mol. The van der Waals surface area contributed by atoms with Crippen LogP contribution < -0.4 is 40.0 Å². The summed E-state index contributed by atoms with van der Waals surface area (Å²) in [5.41, 5.74) is -0.0155. The van der Waals surface area contributed by atoms with Crippen LogP contribution in [0.2, 0.25) is 0 Å². The second-order valence-corrected chi connectivity index (χ2v) is 5.98. The molecule has 0 saturated carbocycles. The average molecular weight is 371 g/mol. The Morgan fingerprint density at radius 2 is 2.13 bits per heavy atom. The van der Waals surface area contributed by atoms with Crippen molar-refractivity contribution in [2.24, 2.45) is 0 Å². The molecule has 1 fully saturated rings. The number of carboxylic acid groups (broad SMARTS) is 1. The Morgan fingerprint density at radius 3 is 2.65 bits per heavy atom. The number of thioether (sulfide) groups is 1. The van der Waals surface area contributed by atoms with Crippen molar-refractivity contribution in [1.82, 2.24) is 10.2 Å². The maximum atomic E-state index is 12.1. The van der Waals surface area contributed by atoms with Crippen molar-refractivity contribution in [2.45, 2.75) is 18.3 Å². The van der Waals surface area contributed by atoms with E-state index in [0.717, 1.165) is 4.90 Å². The smallest absolute Gasteiger partial charge is 0.543 e. The number of halogens is 1. The van der Waals surface area contributed by atoms with E-state index < -0.39 is 35.2 Å². The molecule has 2 heterocycles. The van der Waals surface area contributed by atoms with Crippen LogP contribution in [-0.2, 0) is 23.9 Å². The van der Waals surface area contributed by atoms with Crippen molar-refractivity contribution in [3.63, 3.8) is 0 Å². The molecule has 23 heavy (non-hydrogen) atoms. The maximum Gasteiger partial charge on any atom is 1.00 e. The van der Waals surface area contributed by atoms with Crippen molar-refractivity contribution >= 4 is 47.1 Å². The molecular formula is C12H12ClN2NaO6S. The quantitative estimate of drug-likeness (QED) is 0.223. The zero-order valence-electron chi connectivity index (χ0n) is 12.5. The molecule has 11 heteroatoms. The van der Waals surface area contributed by atoms with Gasteiger partial charge in [-0.2, -0.15) is 0 Å². The molecule has 0 spiro atoms. The van der Waals surface area contributed by atoms with E-state index in [9.17, 15) is 24.3 Å². The van der Waals surface area contributed by atoms with E-state index in [1.165, 1.54) is 18.7 Å². The summed E-state index contributed by atoms with van der Waals surface area (Å²) in [4.78, 5) is 46.5. The number of ether oxygens (including phenoxy) is 1. The topological polar surface area (TPSA) is 116 Å². The molecule has 2 rings (SSSR count). The number of aliphatic carboxylic acids is 1. The normalized spacial score (nSPS) is 22.5. The molecule has 0 unspecified atom stereocenters. The maximum absolute atomic E-state index is 12.1. The number of nitrogens with zero attached hydrogens (tertiary/aromatic N) is 1. The van der Waals surface area contributed by atoms with E-state index in [0.29, 0.717) is 0 Å². The second-order valence-electron chi connectivity index (χ2n) is 4.61. The van der Waals surface area contributed by atoms with Crippen molar-refractivity contribution in [2.75, 3.05) is 18.2 Å². The van der Waals surface area contributed by atoms with Gasteiger partial charge in [0.2, 0.25) is 5.91 Å². The van der Waals surface area contributed by atoms with Crippen molar-refractivity contribution < 1.29 is 58.6 Å². The Balaban J connectivity index is 0.00000264. The third-order valence-electron chi connectivity index (χ3n) is 3.13. The number of carbonyl (C=O) groups excluding carboxylic acids is 4. The predicted molar refractivity (Wildman–Crippen MR) is 74.4 cm³/mol. The van der Waals surface area contributed by atoms with Gasteiger partial charge in [-0.1, -0.05) is 0 Å². The Bertz CT molecular complexity index is 584. The van der Waals surface area contributed by atoms with Gasteiger partial charge in [0.1, 0.15) is 23.9 Å². The molecule has 2 aliphatic heterocycles. The summed E-state index contributed by atoms with van der Waals surface area (Å²) in [5.74, 6) is -3.19. The molecule has 1 saturated heterocycles. The molecule has 2 amide bonds. The monoisotopic (exact) mass is 370 g/mol. The van der Waals surface area contributed by atoms with E-state index >= 15 is 0 Å². The Labute approximate surface area is 163 Å². The van der Waals surface area contributed by atoms with Gasteiger partial charge in [0.05, 0.1) is 11.7 Å². The number of esters is 1. The second kappa shape index (κ2) is 8.39. The number of hydrogen-bond donors (Lipinski definition) is 1. The van der Waals surface area contributed by atoms with E-state index in [4.69, 9.17) is 16.3 Å². The van der Waals surface area contributed by atoms with Crippen LogP contribution in [0.1, 0.15) is 6.92 Å². The first-order valence-corrected chi connectivity index (χ1v) is 7.82. The molecule has 0 bridgehead atoms. The summed E-state index contributed by atoms with van der Waals surface area (Å²) in [7, 11) is 0. The average Bonchev–Trinajstić information content (AvgIpc) is 2.48. The Morgan fingerprint density at radius 1 is 1.48 bits per heavy atom. The molecule has 0 radical (unpaired) electrons. The number of fused-ring (bicyclic) bond motifs is 1. The first-order valence-electron chi connectivity index (χ1n) is 6.23. The molecule has 2 atom stereocenters. The van der Waals surface area contributed by atoms with Crippen LogP contribution in [-0.4, -0.2) is 58.3 Å². The number of nitrogens with one attached hydrogen (secondary N) is 1. The van der Waals surface area contributed by atoms with Crippen LogP contribution in [0.5, 0.6) is 0 Å². The zero-order valence-corrected chi connectivity index (χ0v) is 16.0. The Kier molecular flexibility index (Phi) is 7.40. The van der Waals surface area contributed by atoms with Crippen LogP contribution in [0.3, 0.4) is 0 Å². The summed E-state index contributed by atoms with van der Waals surface area (Å²) < 4.78 is 4.79. The number of β-lactam (4-membered cyclic amide) rings is 1. The van der Waals surface area contributed by atoms with Gasteiger partial charge in [-0.25, -0.2) is 0 Å². The Hall–Kier alpha value is -0.740. The van der Waals surface area contributed by atoms with Gasteiger partial charge in [-0.3, -0.25) is 19.3 Å². The molecule has 0 aromatic heterocycles. The number of hydrogen-bond acceptors (Lipinski definition) is 7. The molecule has 0 aromatic rings. The minimum absolute atomic E-state index is 0. The van der Waals surface area contributed by atoms with Crippen LogP contribution in [0, 0.1) is 0 Å². The van der Waals surface area contributed by atoms with Crippen LogP contribution in [0.4, 0.5) is 0 Å². The van der Waals surface area contributed by atoms with Gasteiger partial charge >= 0.3 is 35.5 Å². The fourth-order valence-electron chi connectivity index (χ4n) is 2.18. The predicted octanol–water partition coefficient (Wildman–Crippen LogP) is -4.80. The first-order chi connectivity index (χ1) is 10.4. The molecule has 2 aliphatic rings. The summed E-state index contributed by atoms with van der Waals surface area (Å²) in [6.45, 7) is 0.978. The van der Waals surface area contributed by atoms with Gasteiger partial charge < -0.3 is 20.0 Å². The number of amides is 2. The number of alkyl halides is 1. The summed E-state index contributed by atoms with van der Waals surface area (Å²) in [6.07, 6.45) is 0. The van der Waals surface area contributed by atoms with E-state index in [-0.39, 0.29) is 59.1 Å². The molecule has 0 aliphatic carbocycles. The van der Waals surface area contributed by atoms with Crippen LogP contribution in [0.25, 0.3) is 0 Å². The SMILES string of the molecule is CC(=O)OCC1=C(C(=O)[O-])N2C(=O)[C@@H](NC(=O)CCl)[C@H]2SC1.[Na+]. The largest absolute Gasteiger partial charge is 1.00 e. The van der Waals surface area contributed by atoms with Gasteiger partial charge in [0.25, 0.3) is 5.91 Å². The van der Waals surface area contributed by atoms with Gasteiger partial charge in [-0.05, 0) is 0 Å². The molecule has 120 valence electrons. The first kappa shape index (κ1) is 20.3. The third-order valence-corrected chi connectivity index (χ3v) is 4.71. The zero-order chi connectivity index (χ0) is 16.4. The molecule has 8 nitrogen and oxygen atoms in total. The fourth-order valence-corrected chi connectivity index (χ4v) is 3.59. The van der Waals surface area contributed by atoms with Crippen LogP contribution >= 0.6 is 23.4 Å². The van der Waals surface area contributed by atoms with Crippen LogP contribution in [0.15, 0.2) is 11.3 Å². The van der Waals surface area contributed by atoms with Gasteiger partial charge in [-0.15, -0.1) is 23.4 Å². The number of rotatable bonds is 5. The van der Waals surface area contributed by atoms with Crippen molar-refractivity contribution in [3.8, 4) is 0 Å². The standard InChI is InChI=1S/C12H13ClN2O6S.Na/c1-5(16)21-3-6-4-22-11-8(14-7(17)2-13)10(18)15(11)9(6)12(19)20;/h8,11H,2-4H2,1H3,(H,14,17)(H,19,20);/q;+1/p-1/t8-,11-;/m1./s1. The van der Waals surface area contributed by atoms with Crippen molar-refractivity contribution in [3.05, 3.63) is 11.3 Å².